The summed E-state index contributed by atoms with van der Waals surface area (Å²) in [5, 5.41) is 10.1. The van der Waals surface area contributed by atoms with Crippen molar-refractivity contribution in [1.82, 2.24) is 0 Å². The van der Waals surface area contributed by atoms with E-state index in [1.165, 1.54) is 29.5 Å². The molecule has 1 fully saturated rings. The van der Waals surface area contributed by atoms with Crippen LogP contribution in [-0.2, 0) is 20.4 Å². The Morgan fingerprint density at radius 1 is 0.950 bits per heavy atom. The molecule has 0 saturated heterocycles. The quantitative estimate of drug-likeness (QED) is 0.627. The molecule has 0 aromatic heterocycles. The van der Waals surface area contributed by atoms with E-state index in [0.29, 0.717) is 11.7 Å². The van der Waals surface area contributed by atoms with Gasteiger partial charge in [-0.2, -0.15) is 0 Å². The number of hydrogen-bond acceptors (Lipinski definition) is 1. The van der Waals surface area contributed by atoms with Crippen LogP contribution >= 0.6 is 0 Å². The molecular formula is C18H15OPd-. The summed E-state index contributed by atoms with van der Waals surface area (Å²) < 4.78 is 0. The van der Waals surface area contributed by atoms with Crippen LogP contribution in [0.5, 0.6) is 5.75 Å². The predicted molar refractivity (Wildman–Crippen MR) is 77.6 cm³/mol. The standard InChI is InChI=1S/C18H15O.Pd/c19-17-8-4-3-7-15(17)16-11-13-5-1-2-6-14(13)18(16)12-9-10-12;/h1-8,11,18-19H,9-10H2;/q-1;. The monoisotopic (exact) mass is 353 g/mol. The molecular weight excluding hydrogens is 339 g/mol. The van der Waals surface area contributed by atoms with E-state index in [1.54, 1.807) is 12.0 Å². The third-order valence-electron chi connectivity index (χ3n) is 4.09. The second-order valence-electron chi connectivity index (χ2n) is 5.34. The smallest absolute Gasteiger partial charge is 0.122 e. The molecule has 0 spiro atoms. The summed E-state index contributed by atoms with van der Waals surface area (Å²) >= 11 is 0. The predicted octanol–water partition coefficient (Wildman–Crippen LogP) is 4.40. The van der Waals surface area contributed by atoms with Crippen molar-refractivity contribution in [2.24, 2.45) is 0 Å². The van der Waals surface area contributed by atoms with Crippen LogP contribution < -0.4 is 0 Å². The van der Waals surface area contributed by atoms with Crippen LogP contribution in [0.4, 0.5) is 0 Å². The molecule has 4 rings (SSSR count). The van der Waals surface area contributed by atoms with E-state index in [0.717, 1.165) is 5.56 Å². The Morgan fingerprint density at radius 3 is 2.40 bits per heavy atom. The van der Waals surface area contributed by atoms with Crippen LogP contribution in [-0.4, -0.2) is 5.11 Å². The largest absolute Gasteiger partial charge is 0.507 e. The van der Waals surface area contributed by atoms with E-state index in [9.17, 15) is 5.11 Å². The molecule has 1 atom stereocenters. The van der Waals surface area contributed by atoms with Gasteiger partial charge in [0.1, 0.15) is 5.75 Å². The molecule has 2 heteroatoms. The number of phenolic OH excluding ortho intramolecular Hbond substituents is 1. The van der Waals surface area contributed by atoms with Crippen molar-refractivity contribution in [3.63, 3.8) is 0 Å². The number of allylic oxidation sites excluding steroid dienone is 1. The molecule has 2 aromatic carbocycles. The van der Waals surface area contributed by atoms with E-state index in [2.05, 4.69) is 30.3 Å². The number of rotatable bonds is 2. The maximum absolute atomic E-state index is 10.1. The molecule has 1 nitrogen and oxygen atoms in total. The minimum absolute atomic E-state index is 0. The first kappa shape index (κ1) is 13.6. The van der Waals surface area contributed by atoms with Gasteiger partial charge in [-0.25, -0.2) is 12.8 Å². The molecule has 2 aliphatic rings. The summed E-state index contributed by atoms with van der Waals surface area (Å²) in [7, 11) is 0. The van der Waals surface area contributed by atoms with Crippen LogP contribution in [0.3, 0.4) is 0 Å². The molecule has 20 heavy (non-hydrogen) atoms. The van der Waals surface area contributed by atoms with E-state index in [4.69, 9.17) is 0 Å². The molecule has 0 aliphatic heterocycles. The first-order chi connectivity index (χ1) is 9.34. The van der Waals surface area contributed by atoms with Gasteiger partial charge >= 0.3 is 0 Å². The zero-order chi connectivity index (χ0) is 12.8. The molecule has 2 aromatic rings. The molecule has 1 unspecified atom stereocenters. The van der Waals surface area contributed by atoms with Gasteiger partial charge in [0.2, 0.25) is 0 Å². The van der Waals surface area contributed by atoms with Gasteiger partial charge in [0.15, 0.2) is 0 Å². The number of hydrogen-bond donors (Lipinski definition) is 1. The minimum atomic E-state index is 0. The second kappa shape index (κ2) is 5.20. The topological polar surface area (TPSA) is 20.2 Å². The van der Waals surface area contributed by atoms with Gasteiger partial charge in [-0.1, -0.05) is 59.7 Å². The van der Waals surface area contributed by atoms with Crippen molar-refractivity contribution in [3.05, 3.63) is 71.1 Å². The van der Waals surface area contributed by atoms with Gasteiger partial charge in [0, 0.05) is 26.0 Å². The van der Waals surface area contributed by atoms with Crippen LogP contribution in [0.15, 0.2) is 48.5 Å². The maximum atomic E-state index is 10.1. The maximum Gasteiger partial charge on any atom is 0.122 e. The average Bonchev–Trinajstić information content (AvgIpc) is 3.19. The fourth-order valence-electron chi connectivity index (χ4n) is 3.08. The van der Waals surface area contributed by atoms with E-state index in [1.807, 2.05) is 18.2 Å². The number of aromatic hydroxyl groups is 1. The van der Waals surface area contributed by atoms with Crippen molar-refractivity contribution in [2.45, 2.75) is 18.8 Å². The Bertz CT molecular complexity index is 671. The van der Waals surface area contributed by atoms with Gasteiger partial charge in [0.25, 0.3) is 0 Å². The average molecular weight is 354 g/mol. The summed E-state index contributed by atoms with van der Waals surface area (Å²) in [6, 6.07) is 16.2. The van der Waals surface area contributed by atoms with Gasteiger partial charge in [-0.05, 0) is 11.6 Å². The molecule has 0 radical (unpaired) electrons. The van der Waals surface area contributed by atoms with Crippen LogP contribution in [0.2, 0.25) is 0 Å². The summed E-state index contributed by atoms with van der Waals surface area (Å²) in [5.41, 5.74) is 4.92. The van der Waals surface area contributed by atoms with Crippen molar-refractivity contribution >= 4 is 11.6 Å². The zero-order valence-corrected chi connectivity index (χ0v) is 12.5. The van der Waals surface area contributed by atoms with Crippen molar-refractivity contribution < 1.29 is 25.5 Å². The molecule has 1 saturated carbocycles. The van der Waals surface area contributed by atoms with Crippen LogP contribution in [0.25, 0.3) is 11.6 Å². The number of fused-ring (bicyclic) bond motifs is 1. The van der Waals surface area contributed by atoms with Crippen molar-refractivity contribution in [1.29, 1.82) is 0 Å². The van der Waals surface area contributed by atoms with Gasteiger partial charge in [-0.3, -0.25) is 0 Å². The zero-order valence-electron chi connectivity index (χ0n) is 11.0. The van der Waals surface area contributed by atoms with Crippen molar-refractivity contribution in [2.75, 3.05) is 0 Å². The summed E-state index contributed by atoms with van der Waals surface area (Å²) in [6.07, 6.45) is 4.69. The molecule has 104 valence electrons. The van der Waals surface area contributed by atoms with E-state index < -0.39 is 0 Å². The summed E-state index contributed by atoms with van der Waals surface area (Å²) in [4.78, 5) is 0. The minimum Gasteiger partial charge on any atom is -0.507 e. The first-order valence-electron chi connectivity index (χ1n) is 6.78. The fourth-order valence-corrected chi connectivity index (χ4v) is 3.08. The van der Waals surface area contributed by atoms with Crippen LogP contribution in [0.1, 0.15) is 35.4 Å². The molecule has 0 bridgehead atoms. The van der Waals surface area contributed by atoms with E-state index >= 15 is 0 Å². The van der Waals surface area contributed by atoms with E-state index in [-0.39, 0.29) is 20.4 Å². The number of para-hydroxylation sites is 1. The molecule has 2 aliphatic carbocycles. The van der Waals surface area contributed by atoms with Crippen LogP contribution in [0, 0.1) is 5.92 Å². The molecule has 0 amide bonds. The second-order valence-corrected chi connectivity index (χ2v) is 5.34. The first-order valence-corrected chi connectivity index (χ1v) is 6.78. The SMILES string of the molecule is Oc1ccccc1C1=Cc2ccccc2C1[C-]1CC1.[Pd]. The van der Waals surface area contributed by atoms with Gasteiger partial charge < -0.3 is 11.0 Å². The van der Waals surface area contributed by atoms with Crippen molar-refractivity contribution in [3.8, 4) is 5.75 Å². The Labute approximate surface area is 133 Å². The summed E-state index contributed by atoms with van der Waals surface area (Å²) in [5.74, 6) is 2.37. The fraction of sp³-hybridized carbons (Fsp3) is 0.167. The third-order valence-corrected chi connectivity index (χ3v) is 4.09. The number of benzene rings is 2. The number of phenols is 1. The Hall–Kier alpha value is -1.36. The third kappa shape index (κ3) is 2.14. The molecule has 1 N–H and O–H groups in total. The summed E-state index contributed by atoms with van der Waals surface area (Å²) in [6.45, 7) is 0. The normalized spacial score (nSPS) is 20.0. The van der Waals surface area contributed by atoms with Gasteiger partial charge in [-0.15, -0.1) is 5.92 Å². The Kier molecular flexibility index (Phi) is 3.54. The Morgan fingerprint density at radius 2 is 1.65 bits per heavy atom. The Balaban J connectivity index is 0.00000121. The molecule has 0 heterocycles. The van der Waals surface area contributed by atoms with Gasteiger partial charge in [0.05, 0.1) is 0 Å².